The number of hydrogen-bond donors (Lipinski definition) is 0. The molecular formula is C13H11BrN6O2. The normalized spacial score (nSPS) is 11.8. The Morgan fingerprint density at radius 1 is 1.27 bits per heavy atom. The summed E-state index contributed by atoms with van der Waals surface area (Å²) in [5.41, 5.74) is -0.278. The summed E-state index contributed by atoms with van der Waals surface area (Å²) in [7, 11) is 2.69. The van der Waals surface area contributed by atoms with Gasteiger partial charge in [-0.25, -0.2) is 4.79 Å². The maximum atomic E-state index is 11.8. The van der Waals surface area contributed by atoms with Crippen LogP contribution in [0.1, 0.15) is 5.56 Å². The molecule has 0 amide bonds. The van der Waals surface area contributed by atoms with Crippen molar-refractivity contribution < 1.29 is 5.11 Å². The van der Waals surface area contributed by atoms with Crippen molar-refractivity contribution in [1.82, 2.24) is 9.13 Å². The topological polar surface area (TPSA) is 103 Å². The van der Waals surface area contributed by atoms with Crippen molar-refractivity contribution in [2.24, 2.45) is 24.3 Å². The SMILES string of the molecule is Cn1c([O-])c([N+]#N)/c(=N\N=C/c2ccc(Br)cc2)n(C)c1=O. The molecule has 0 aliphatic rings. The Balaban J connectivity index is 2.55. The third-order valence-electron chi connectivity index (χ3n) is 2.94. The average Bonchev–Trinajstić information content (AvgIpc) is 2.52. The van der Waals surface area contributed by atoms with Crippen molar-refractivity contribution in [2.45, 2.75) is 0 Å². The summed E-state index contributed by atoms with van der Waals surface area (Å²) >= 11 is 3.32. The van der Waals surface area contributed by atoms with Gasteiger partial charge in [0.15, 0.2) is 4.98 Å². The number of rotatable bonds is 2. The maximum absolute atomic E-state index is 11.8. The molecule has 0 aliphatic carbocycles. The van der Waals surface area contributed by atoms with E-state index in [1.807, 2.05) is 24.3 Å². The fraction of sp³-hybridized carbons (Fsp3) is 0.154. The smallest absolute Gasteiger partial charge is 0.437 e. The summed E-state index contributed by atoms with van der Waals surface area (Å²) < 4.78 is 2.83. The second kappa shape index (κ2) is 6.36. The van der Waals surface area contributed by atoms with Crippen LogP contribution in [0.2, 0.25) is 0 Å². The first-order valence-electron chi connectivity index (χ1n) is 6.10. The molecule has 0 spiro atoms. The number of halogens is 1. The highest BCUT2D eigenvalue weighted by atomic mass is 79.9. The molecular weight excluding hydrogens is 352 g/mol. The summed E-state index contributed by atoms with van der Waals surface area (Å²) in [5, 5.41) is 28.4. The van der Waals surface area contributed by atoms with Crippen molar-refractivity contribution in [3.8, 4) is 5.88 Å². The predicted molar refractivity (Wildman–Crippen MR) is 82.1 cm³/mol. The van der Waals surface area contributed by atoms with Gasteiger partial charge in [0.2, 0.25) is 5.39 Å². The van der Waals surface area contributed by atoms with Crippen LogP contribution in [0.5, 0.6) is 5.88 Å². The van der Waals surface area contributed by atoms with Crippen molar-refractivity contribution in [1.29, 1.82) is 5.39 Å². The average molecular weight is 363 g/mol. The third-order valence-corrected chi connectivity index (χ3v) is 3.47. The summed E-state index contributed by atoms with van der Waals surface area (Å²) in [5.74, 6) is -0.747. The predicted octanol–water partition coefficient (Wildman–Crippen LogP) is 0.979. The fourth-order valence-electron chi connectivity index (χ4n) is 1.72. The van der Waals surface area contributed by atoms with Gasteiger partial charge in [0.25, 0.3) is 5.49 Å². The molecule has 0 unspecified atom stereocenters. The van der Waals surface area contributed by atoms with Gasteiger partial charge in [-0.05, 0) is 17.7 Å². The first-order valence-corrected chi connectivity index (χ1v) is 6.89. The Morgan fingerprint density at radius 3 is 2.50 bits per heavy atom. The van der Waals surface area contributed by atoms with E-state index in [1.165, 1.54) is 20.3 Å². The largest absolute Gasteiger partial charge is 0.854 e. The molecule has 0 aliphatic heterocycles. The first kappa shape index (κ1) is 15.7. The van der Waals surface area contributed by atoms with Crippen LogP contribution < -0.4 is 16.3 Å². The van der Waals surface area contributed by atoms with Gasteiger partial charge in [-0.3, -0.25) is 4.57 Å². The van der Waals surface area contributed by atoms with Crippen molar-refractivity contribution >= 4 is 27.8 Å². The molecule has 0 bridgehead atoms. The summed E-state index contributed by atoms with van der Waals surface area (Å²) in [6, 6.07) is 7.29. The minimum absolute atomic E-state index is 0.121. The van der Waals surface area contributed by atoms with E-state index in [0.29, 0.717) is 0 Å². The molecule has 0 radical (unpaired) electrons. The minimum Gasteiger partial charge on any atom is -0.854 e. The first-order chi connectivity index (χ1) is 10.5. The molecule has 2 aromatic rings. The zero-order chi connectivity index (χ0) is 16.3. The van der Waals surface area contributed by atoms with E-state index in [1.54, 1.807) is 0 Å². The van der Waals surface area contributed by atoms with Gasteiger partial charge in [-0.1, -0.05) is 28.1 Å². The number of nitrogens with zero attached hydrogens (tertiary/aromatic N) is 6. The minimum atomic E-state index is -0.747. The lowest BCUT2D eigenvalue weighted by Gasteiger charge is -2.09. The van der Waals surface area contributed by atoms with E-state index < -0.39 is 11.6 Å². The highest BCUT2D eigenvalue weighted by Gasteiger charge is 2.18. The molecule has 1 heterocycles. The molecule has 8 nitrogen and oxygen atoms in total. The van der Waals surface area contributed by atoms with Crippen molar-refractivity contribution in [3.63, 3.8) is 0 Å². The second-order valence-corrected chi connectivity index (χ2v) is 5.29. The lowest BCUT2D eigenvalue weighted by Crippen LogP contribution is -2.38. The molecule has 2 rings (SSSR count). The van der Waals surface area contributed by atoms with E-state index >= 15 is 0 Å². The van der Waals surface area contributed by atoms with Gasteiger partial charge in [0.05, 0.1) is 12.1 Å². The van der Waals surface area contributed by atoms with Crippen LogP contribution in [-0.4, -0.2) is 15.3 Å². The summed E-state index contributed by atoms with van der Waals surface area (Å²) in [6.07, 6.45) is 1.45. The number of benzene rings is 1. The monoisotopic (exact) mass is 362 g/mol. The van der Waals surface area contributed by atoms with Crippen molar-refractivity contribution in [2.75, 3.05) is 0 Å². The molecule has 0 N–H and O–H groups in total. The molecule has 112 valence electrons. The zero-order valence-corrected chi connectivity index (χ0v) is 13.4. The molecule has 0 atom stereocenters. The summed E-state index contributed by atoms with van der Waals surface area (Å²) in [6.45, 7) is 0. The van der Waals surface area contributed by atoms with Gasteiger partial charge in [-0.2, -0.15) is 5.10 Å². The Morgan fingerprint density at radius 2 is 1.91 bits per heavy atom. The summed E-state index contributed by atoms with van der Waals surface area (Å²) in [4.78, 5) is 14.7. The van der Waals surface area contributed by atoms with Crippen LogP contribution in [0, 0.1) is 5.39 Å². The van der Waals surface area contributed by atoms with Crippen LogP contribution in [0.25, 0.3) is 4.98 Å². The Kier molecular flexibility index (Phi) is 4.53. The molecule has 0 saturated carbocycles. The van der Waals surface area contributed by atoms with E-state index in [-0.39, 0.29) is 11.2 Å². The van der Waals surface area contributed by atoms with Crippen LogP contribution >= 0.6 is 15.9 Å². The Labute approximate surface area is 133 Å². The molecule has 1 aromatic carbocycles. The molecule has 0 fully saturated rings. The quantitative estimate of drug-likeness (QED) is 0.451. The highest BCUT2D eigenvalue weighted by molar-refractivity contribution is 9.10. The van der Waals surface area contributed by atoms with Gasteiger partial charge in [-0.15, -0.1) is 5.10 Å². The van der Waals surface area contributed by atoms with E-state index in [4.69, 9.17) is 5.39 Å². The highest BCUT2D eigenvalue weighted by Crippen LogP contribution is 2.14. The lowest BCUT2D eigenvalue weighted by atomic mass is 10.2. The van der Waals surface area contributed by atoms with E-state index in [0.717, 1.165) is 19.2 Å². The van der Waals surface area contributed by atoms with Crippen LogP contribution in [0.4, 0.5) is 5.69 Å². The standard InChI is InChI=1S/C13H11BrN6O2/c1-19-11(10(17-15)12(21)20(2)13(19)22)18-16-7-8-3-5-9(14)6-4-8/h3-7H,1-2H3/b16-7-. The van der Waals surface area contributed by atoms with Crippen LogP contribution in [-0.2, 0) is 14.1 Å². The fourth-order valence-corrected chi connectivity index (χ4v) is 1.98. The number of aromatic nitrogens is 2. The zero-order valence-electron chi connectivity index (χ0n) is 11.8. The van der Waals surface area contributed by atoms with E-state index in [9.17, 15) is 9.90 Å². The maximum Gasteiger partial charge on any atom is 0.437 e. The van der Waals surface area contributed by atoms with Gasteiger partial charge >= 0.3 is 11.4 Å². The molecule has 1 aromatic heterocycles. The van der Waals surface area contributed by atoms with Crippen molar-refractivity contribution in [3.05, 3.63) is 55.2 Å². The number of hydrogen-bond acceptors (Lipinski definition) is 5. The lowest BCUT2D eigenvalue weighted by molar-refractivity contribution is -0.278. The molecule has 9 heteroatoms. The van der Waals surface area contributed by atoms with Crippen LogP contribution in [0.3, 0.4) is 0 Å². The molecule has 0 saturated heterocycles. The van der Waals surface area contributed by atoms with Crippen LogP contribution in [0.15, 0.2) is 43.7 Å². The van der Waals surface area contributed by atoms with E-state index in [2.05, 4.69) is 31.1 Å². The Hall–Kier alpha value is -2.73. The number of diazo groups is 1. The van der Waals surface area contributed by atoms with Gasteiger partial charge < -0.3 is 9.67 Å². The van der Waals surface area contributed by atoms with Gasteiger partial charge in [0.1, 0.15) is 0 Å². The van der Waals surface area contributed by atoms with Gasteiger partial charge in [0, 0.05) is 18.6 Å². The molecule has 22 heavy (non-hydrogen) atoms. The second-order valence-electron chi connectivity index (χ2n) is 4.37. The third kappa shape index (κ3) is 2.96. The Bertz CT molecular complexity index is 902.